The number of benzene rings is 1. The summed E-state index contributed by atoms with van der Waals surface area (Å²) >= 11 is 0. The third kappa shape index (κ3) is 3.05. The van der Waals surface area contributed by atoms with Crippen molar-refractivity contribution in [2.24, 2.45) is 0 Å². The topological polar surface area (TPSA) is 77.8 Å². The molecule has 0 radical (unpaired) electrons. The molecule has 0 aliphatic heterocycles. The lowest BCUT2D eigenvalue weighted by molar-refractivity contribution is -0.114. The van der Waals surface area contributed by atoms with Crippen LogP contribution in [0.4, 0.5) is 5.69 Å². The smallest absolute Gasteiger partial charge is 0.230 e. The number of methoxy groups -OCH3 is 2. The summed E-state index contributed by atoms with van der Waals surface area (Å²) < 4.78 is 15.5. The summed E-state index contributed by atoms with van der Waals surface area (Å²) in [6.07, 6.45) is 1.41. The number of hydrogen-bond donors (Lipinski definition) is 1. The van der Waals surface area contributed by atoms with Gasteiger partial charge in [0.1, 0.15) is 0 Å². The molecule has 2 rings (SSSR count). The first-order chi connectivity index (χ1) is 10.1. The second-order valence-electron chi connectivity index (χ2n) is 4.24. The first kappa shape index (κ1) is 14.6. The maximum absolute atomic E-state index is 12.4. The van der Waals surface area contributed by atoms with Gasteiger partial charge < -0.3 is 19.2 Å². The molecule has 0 bridgehead atoms. The molecule has 6 nitrogen and oxygen atoms in total. The van der Waals surface area contributed by atoms with E-state index in [4.69, 9.17) is 13.9 Å². The number of carbonyl (C=O) groups is 2. The molecular formula is C15H15NO5. The molecule has 0 saturated heterocycles. The Balaban J connectivity index is 2.55. The molecule has 1 amide bonds. The second-order valence-corrected chi connectivity index (χ2v) is 4.24. The van der Waals surface area contributed by atoms with Gasteiger partial charge in [-0.25, -0.2) is 0 Å². The van der Waals surface area contributed by atoms with Gasteiger partial charge in [-0.15, -0.1) is 0 Å². The molecular weight excluding hydrogens is 274 g/mol. The van der Waals surface area contributed by atoms with Gasteiger partial charge >= 0.3 is 0 Å². The number of ketones is 1. The van der Waals surface area contributed by atoms with Crippen LogP contribution in [0.15, 0.2) is 34.9 Å². The maximum Gasteiger partial charge on any atom is 0.230 e. The Hall–Kier alpha value is -2.76. The average molecular weight is 289 g/mol. The van der Waals surface area contributed by atoms with Crippen LogP contribution in [0, 0.1) is 0 Å². The van der Waals surface area contributed by atoms with E-state index in [2.05, 4.69) is 5.32 Å². The van der Waals surface area contributed by atoms with E-state index >= 15 is 0 Å². The van der Waals surface area contributed by atoms with E-state index in [-0.39, 0.29) is 23.0 Å². The third-order valence-corrected chi connectivity index (χ3v) is 2.82. The Morgan fingerprint density at radius 1 is 1.14 bits per heavy atom. The zero-order chi connectivity index (χ0) is 15.4. The van der Waals surface area contributed by atoms with Crippen LogP contribution in [0.25, 0.3) is 0 Å². The van der Waals surface area contributed by atoms with Crippen molar-refractivity contribution in [3.63, 3.8) is 0 Å². The number of rotatable bonds is 5. The van der Waals surface area contributed by atoms with Gasteiger partial charge in [-0.1, -0.05) is 0 Å². The predicted octanol–water partition coefficient (Wildman–Crippen LogP) is 2.49. The summed E-state index contributed by atoms with van der Waals surface area (Å²) in [5.74, 6) is 0.327. The molecule has 1 heterocycles. The van der Waals surface area contributed by atoms with Crippen LogP contribution >= 0.6 is 0 Å². The van der Waals surface area contributed by atoms with E-state index in [1.165, 1.54) is 39.5 Å². The molecule has 0 aliphatic rings. The predicted molar refractivity (Wildman–Crippen MR) is 76.0 cm³/mol. The fourth-order valence-electron chi connectivity index (χ4n) is 1.90. The van der Waals surface area contributed by atoms with Gasteiger partial charge in [0.05, 0.1) is 31.7 Å². The normalized spacial score (nSPS) is 10.0. The van der Waals surface area contributed by atoms with Crippen molar-refractivity contribution < 1.29 is 23.5 Å². The summed E-state index contributed by atoms with van der Waals surface area (Å²) in [7, 11) is 2.94. The van der Waals surface area contributed by atoms with Gasteiger partial charge in [0.25, 0.3) is 0 Å². The summed E-state index contributed by atoms with van der Waals surface area (Å²) in [5, 5.41) is 2.61. The van der Waals surface area contributed by atoms with Crippen molar-refractivity contribution in [3.05, 3.63) is 41.9 Å². The van der Waals surface area contributed by atoms with Crippen molar-refractivity contribution in [1.82, 2.24) is 0 Å². The minimum Gasteiger partial charge on any atom is -0.493 e. The molecule has 2 aromatic rings. The SMILES string of the molecule is COc1cc(NC(C)=O)c(C(=O)c2ccco2)cc1OC. The molecule has 6 heteroatoms. The largest absolute Gasteiger partial charge is 0.493 e. The van der Waals surface area contributed by atoms with Crippen LogP contribution in [0.3, 0.4) is 0 Å². The molecule has 21 heavy (non-hydrogen) atoms. The minimum atomic E-state index is -0.357. The van der Waals surface area contributed by atoms with E-state index in [9.17, 15) is 9.59 Å². The lowest BCUT2D eigenvalue weighted by atomic mass is 10.1. The van der Waals surface area contributed by atoms with E-state index in [0.29, 0.717) is 17.2 Å². The zero-order valence-corrected chi connectivity index (χ0v) is 11.9. The second kappa shape index (κ2) is 6.13. The fourth-order valence-corrected chi connectivity index (χ4v) is 1.90. The number of amides is 1. The first-order valence-electron chi connectivity index (χ1n) is 6.18. The van der Waals surface area contributed by atoms with E-state index in [1.54, 1.807) is 12.1 Å². The van der Waals surface area contributed by atoms with Crippen LogP contribution < -0.4 is 14.8 Å². The summed E-state index contributed by atoms with van der Waals surface area (Å²) in [4.78, 5) is 23.7. The van der Waals surface area contributed by atoms with Crippen molar-refractivity contribution in [2.75, 3.05) is 19.5 Å². The molecule has 0 saturated carbocycles. The Morgan fingerprint density at radius 3 is 2.33 bits per heavy atom. The monoisotopic (exact) mass is 289 g/mol. The molecule has 0 aliphatic carbocycles. The Labute approximate surface area is 121 Å². The molecule has 110 valence electrons. The standard InChI is InChI=1S/C15H15NO5/c1-9(17)16-11-8-14(20-3)13(19-2)7-10(11)15(18)12-5-4-6-21-12/h4-8H,1-3H3,(H,16,17). The van der Waals surface area contributed by atoms with Gasteiger partial charge in [-0.3, -0.25) is 9.59 Å². The lowest BCUT2D eigenvalue weighted by Crippen LogP contribution is -2.12. The molecule has 1 aromatic heterocycles. The first-order valence-corrected chi connectivity index (χ1v) is 6.18. The maximum atomic E-state index is 12.4. The van der Waals surface area contributed by atoms with Gasteiger partial charge in [0.2, 0.25) is 11.7 Å². The number of ether oxygens (including phenoxy) is 2. The van der Waals surface area contributed by atoms with Crippen molar-refractivity contribution in [1.29, 1.82) is 0 Å². The Morgan fingerprint density at radius 2 is 1.81 bits per heavy atom. The number of anilines is 1. The third-order valence-electron chi connectivity index (χ3n) is 2.82. The number of carbonyl (C=O) groups excluding carboxylic acids is 2. The molecule has 1 aromatic carbocycles. The average Bonchev–Trinajstić information content (AvgIpc) is 2.99. The Kier molecular flexibility index (Phi) is 4.27. The highest BCUT2D eigenvalue weighted by molar-refractivity contribution is 6.12. The van der Waals surface area contributed by atoms with Crippen molar-refractivity contribution in [2.45, 2.75) is 6.92 Å². The lowest BCUT2D eigenvalue weighted by Gasteiger charge is -2.14. The molecule has 1 N–H and O–H groups in total. The van der Waals surface area contributed by atoms with Crippen LogP contribution in [0.2, 0.25) is 0 Å². The highest BCUT2D eigenvalue weighted by Gasteiger charge is 2.20. The molecule has 0 spiro atoms. The zero-order valence-electron chi connectivity index (χ0n) is 11.9. The number of hydrogen-bond acceptors (Lipinski definition) is 5. The van der Waals surface area contributed by atoms with Gasteiger partial charge in [-0.2, -0.15) is 0 Å². The minimum absolute atomic E-state index is 0.175. The highest BCUT2D eigenvalue weighted by atomic mass is 16.5. The van der Waals surface area contributed by atoms with Crippen LogP contribution in [0.5, 0.6) is 11.5 Å². The summed E-state index contributed by atoms with van der Waals surface area (Å²) in [6.45, 7) is 1.36. The molecule has 0 atom stereocenters. The quantitative estimate of drug-likeness (QED) is 0.856. The Bertz CT molecular complexity index is 661. The van der Waals surface area contributed by atoms with E-state index in [0.717, 1.165) is 0 Å². The molecule has 0 unspecified atom stereocenters. The fraction of sp³-hybridized carbons (Fsp3) is 0.200. The highest BCUT2D eigenvalue weighted by Crippen LogP contribution is 2.34. The van der Waals surface area contributed by atoms with Gasteiger partial charge in [0.15, 0.2) is 17.3 Å². The summed E-state index contributed by atoms with van der Waals surface area (Å²) in [6, 6.07) is 6.22. The van der Waals surface area contributed by atoms with Gasteiger partial charge in [0, 0.05) is 13.0 Å². The van der Waals surface area contributed by atoms with Crippen LogP contribution in [-0.2, 0) is 4.79 Å². The van der Waals surface area contributed by atoms with Crippen molar-refractivity contribution >= 4 is 17.4 Å². The summed E-state index contributed by atoms with van der Waals surface area (Å²) in [5.41, 5.74) is 0.597. The van der Waals surface area contributed by atoms with Crippen molar-refractivity contribution in [3.8, 4) is 11.5 Å². The molecule has 0 fully saturated rings. The van der Waals surface area contributed by atoms with Gasteiger partial charge in [-0.05, 0) is 18.2 Å². The van der Waals surface area contributed by atoms with Crippen LogP contribution in [-0.4, -0.2) is 25.9 Å². The van der Waals surface area contributed by atoms with E-state index < -0.39 is 0 Å². The van der Waals surface area contributed by atoms with Crippen LogP contribution in [0.1, 0.15) is 23.0 Å². The number of furan rings is 1. The number of nitrogens with one attached hydrogen (secondary N) is 1. The van der Waals surface area contributed by atoms with E-state index in [1.807, 2.05) is 0 Å².